The molecule has 3 rings (SSSR count). The first-order chi connectivity index (χ1) is 13.2. The molecule has 0 radical (unpaired) electrons. The Hall–Kier alpha value is -3.06. The second-order valence-corrected chi connectivity index (χ2v) is 6.41. The lowest BCUT2D eigenvalue weighted by molar-refractivity contribution is 0.0947. The molecule has 1 N–H and O–H groups in total. The van der Waals surface area contributed by atoms with Crippen LogP contribution in [0.5, 0.6) is 17.2 Å². The zero-order valence-corrected chi connectivity index (χ0v) is 16.1. The number of amides is 1. The molecule has 2 aromatic heterocycles. The van der Waals surface area contributed by atoms with Gasteiger partial charge in [0.15, 0.2) is 11.5 Å². The van der Waals surface area contributed by atoms with Crippen LogP contribution in [0.25, 0.3) is 11.3 Å². The summed E-state index contributed by atoms with van der Waals surface area (Å²) in [5.74, 6) is 0.960. The molecule has 0 aliphatic heterocycles. The van der Waals surface area contributed by atoms with Crippen LogP contribution in [0.2, 0.25) is 0 Å². The van der Waals surface area contributed by atoms with Crippen molar-refractivity contribution in [1.29, 1.82) is 0 Å². The zero-order valence-electron chi connectivity index (χ0n) is 15.3. The number of carbonyl (C=O) groups is 1. The Morgan fingerprint density at radius 3 is 2.56 bits per heavy atom. The Morgan fingerprint density at radius 1 is 1.07 bits per heavy atom. The molecule has 1 aromatic carbocycles. The van der Waals surface area contributed by atoms with Gasteiger partial charge in [-0.25, -0.2) is 0 Å². The number of ether oxygens (including phenoxy) is 3. The maximum atomic E-state index is 12.7. The van der Waals surface area contributed by atoms with Crippen molar-refractivity contribution in [2.45, 2.75) is 6.54 Å². The summed E-state index contributed by atoms with van der Waals surface area (Å²) in [6.07, 6.45) is 1.74. The van der Waals surface area contributed by atoms with E-state index in [2.05, 4.69) is 10.3 Å². The third-order valence-corrected chi connectivity index (χ3v) is 4.73. The van der Waals surface area contributed by atoms with E-state index < -0.39 is 0 Å². The average molecular weight is 384 g/mol. The van der Waals surface area contributed by atoms with Crippen LogP contribution in [0.3, 0.4) is 0 Å². The second kappa shape index (κ2) is 8.55. The van der Waals surface area contributed by atoms with E-state index in [0.29, 0.717) is 29.4 Å². The average Bonchev–Trinajstić information content (AvgIpc) is 3.25. The molecule has 0 unspecified atom stereocenters. The fourth-order valence-corrected chi connectivity index (χ4v) is 3.36. The van der Waals surface area contributed by atoms with E-state index >= 15 is 0 Å². The molecule has 0 spiro atoms. The van der Waals surface area contributed by atoms with Crippen molar-refractivity contribution >= 4 is 17.2 Å². The number of pyridine rings is 1. The van der Waals surface area contributed by atoms with Crippen molar-refractivity contribution in [3.63, 3.8) is 0 Å². The highest BCUT2D eigenvalue weighted by atomic mass is 32.1. The van der Waals surface area contributed by atoms with Gasteiger partial charge in [-0.3, -0.25) is 9.78 Å². The lowest BCUT2D eigenvalue weighted by Gasteiger charge is -2.15. The quantitative estimate of drug-likeness (QED) is 0.672. The highest BCUT2D eigenvalue weighted by molar-refractivity contribution is 7.08. The standard InChI is InChI=1S/C20H20N2O4S/c1-24-17-5-4-15(18(25-2)19(17)26-3)20(23)22-11-13-6-8-21-16(10-13)14-7-9-27-12-14/h4-10,12H,11H2,1-3H3,(H,22,23). The summed E-state index contributed by atoms with van der Waals surface area (Å²) < 4.78 is 16.0. The van der Waals surface area contributed by atoms with Gasteiger partial charge in [-0.15, -0.1) is 0 Å². The Labute approximate surface area is 161 Å². The molecule has 2 heterocycles. The first kappa shape index (κ1) is 18.7. The fraction of sp³-hybridized carbons (Fsp3) is 0.200. The summed E-state index contributed by atoms with van der Waals surface area (Å²) in [7, 11) is 4.53. The molecule has 3 aromatic rings. The molecular formula is C20H20N2O4S. The van der Waals surface area contributed by atoms with Crippen molar-refractivity contribution in [3.05, 3.63) is 58.4 Å². The Kier molecular flexibility index (Phi) is 5.93. The summed E-state index contributed by atoms with van der Waals surface area (Å²) in [5, 5.41) is 6.96. The molecule has 140 valence electrons. The van der Waals surface area contributed by atoms with Gasteiger partial charge in [0.2, 0.25) is 5.75 Å². The first-order valence-electron chi connectivity index (χ1n) is 8.22. The highest BCUT2D eigenvalue weighted by Crippen LogP contribution is 2.39. The topological polar surface area (TPSA) is 69.7 Å². The molecule has 6 nitrogen and oxygen atoms in total. The van der Waals surface area contributed by atoms with Gasteiger partial charge in [0.25, 0.3) is 5.91 Å². The van der Waals surface area contributed by atoms with E-state index in [0.717, 1.165) is 16.8 Å². The van der Waals surface area contributed by atoms with Crippen molar-refractivity contribution < 1.29 is 19.0 Å². The number of nitrogens with one attached hydrogen (secondary N) is 1. The van der Waals surface area contributed by atoms with Crippen molar-refractivity contribution in [1.82, 2.24) is 10.3 Å². The van der Waals surface area contributed by atoms with E-state index in [1.165, 1.54) is 21.3 Å². The zero-order chi connectivity index (χ0) is 19.2. The number of rotatable bonds is 7. The van der Waals surface area contributed by atoms with Crippen molar-refractivity contribution in [3.8, 4) is 28.5 Å². The SMILES string of the molecule is COc1ccc(C(=O)NCc2ccnc(-c3ccsc3)c2)c(OC)c1OC. The van der Waals surface area contributed by atoms with Crippen LogP contribution < -0.4 is 19.5 Å². The molecule has 0 saturated carbocycles. The summed E-state index contributed by atoms with van der Waals surface area (Å²) in [4.78, 5) is 17.1. The molecule has 1 amide bonds. The normalized spacial score (nSPS) is 10.3. The summed E-state index contributed by atoms with van der Waals surface area (Å²) in [5.41, 5.74) is 3.28. The lowest BCUT2D eigenvalue weighted by Crippen LogP contribution is -2.23. The predicted molar refractivity (Wildman–Crippen MR) is 105 cm³/mol. The Morgan fingerprint density at radius 2 is 1.89 bits per heavy atom. The van der Waals surface area contributed by atoms with E-state index in [-0.39, 0.29) is 5.91 Å². The molecule has 7 heteroatoms. The van der Waals surface area contributed by atoms with E-state index in [1.54, 1.807) is 29.7 Å². The largest absolute Gasteiger partial charge is 0.493 e. The van der Waals surface area contributed by atoms with Crippen molar-refractivity contribution in [2.75, 3.05) is 21.3 Å². The Balaban J connectivity index is 1.78. The molecule has 0 bridgehead atoms. The van der Waals surface area contributed by atoms with Gasteiger partial charge >= 0.3 is 0 Å². The molecule has 0 fully saturated rings. The number of hydrogen-bond acceptors (Lipinski definition) is 6. The van der Waals surface area contributed by atoms with Gasteiger partial charge in [-0.2, -0.15) is 11.3 Å². The highest BCUT2D eigenvalue weighted by Gasteiger charge is 2.20. The van der Waals surface area contributed by atoms with Crippen LogP contribution in [-0.2, 0) is 6.54 Å². The van der Waals surface area contributed by atoms with Gasteiger partial charge in [0, 0.05) is 23.7 Å². The molecule has 0 aliphatic rings. The summed E-state index contributed by atoms with van der Waals surface area (Å²) in [6, 6.07) is 9.19. The number of methoxy groups -OCH3 is 3. The van der Waals surface area contributed by atoms with Gasteiger partial charge in [-0.1, -0.05) is 0 Å². The van der Waals surface area contributed by atoms with Gasteiger partial charge in [-0.05, 0) is 41.3 Å². The third-order valence-electron chi connectivity index (χ3n) is 4.04. The van der Waals surface area contributed by atoms with E-state index in [9.17, 15) is 4.79 Å². The van der Waals surface area contributed by atoms with Crippen LogP contribution in [0.15, 0.2) is 47.3 Å². The second-order valence-electron chi connectivity index (χ2n) is 5.63. The lowest BCUT2D eigenvalue weighted by atomic mass is 10.1. The van der Waals surface area contributed by atoms with Crippen LogP contribution in [0, 0.1) is 0 Å². The number of aromatic nitrogens is 1. The van der Waals surface area contributed by atoms with Gasteiger partial charge < -0.3 is 19.5 Å². The number of nitrogens with zero attached hydrogens (tertiary/aromatic N) is 1. The fourth-order valence-electron chi connectivity index (χ4n) is 2.71. The smallest absolute Gasteiger partial charge is 0.255 e. The number of hydrogen-bond donors (Lipinski definition) is 1. The summed E-state index contributed by atoms with van der Waals surface area (Å²) >= 11 is 1.62. The van der Waals surface area contributed by atoms with Crippen LogP contribution in [0.1, 0.15) is 15.9 Å². The van der Waals surface area contributed by atoms with E-state index in [1.807, 2.05) is 29.0 Å². The molecule has 27 heavy (non-hydrogen) atoms. The minimum Gasteiger partial charge on any atom is -0.493 e. The van der Waals surface area contributed by atoms with Gasteiger partial charge in [0.05, 0.1) is 32.6 Å². The number of carbonyl (C=O) groups excluding carboxylic acids is 1. The van der Waals surface area contributed by atoms with Crippen LogP contribution >= 0.6 is 11.3 Å². The predicted octanol–water partition coefficient (Wildman–Crippen LogP) is 3.77. The van der Waals surface area contributed by atoms with Crippen LogP contribution in [0.4, 0.5) is 0 Å². The molecule has 0 saturated heterocycles. The Bertz CT molecular complexity index is 926. The monoisotopic (exact) mass is 384 g/mol. The minimum atomic E-state index is -0.262. The van der Waals surface area contributed by atoms with E-state index in [4.69, 9.17) is 14.2 Å². The number of benzene rings is 1. The summed E-state index contributed by atoms with van der Waals surface area (Å²) in [6.45, 7) is 0.371. The maximum Gasteiger partial charge on any atom is 0.255 e. The number of thiophene rings is 1. The maximum absolute atomic E-state index is 12.7. The molecule has 0 aliphatic carbocycles. The minimum absolute atomic E-state index is 0.262. The van der Waals surface area contributed by atoms with Crippen LogP contribution in [-0.4, -0.2) is 32.2 Å². The first-order valence-corrected chi connectivity index (χ1v) is 9.17. The molecule has 0 atom stereocenters. The van der Waals surface area contributed by atoms with Crippen molar-refractivity contribution in [2.24, 2.45) is 0 Å². The third kappa shape index (κ3) is 4.03. The van der Waals surface area contributed by atoms with Gasteiger partial charge in [0.1, 0.15) is 0 Å². The molecular weight excluding hydrogens is 364 g/mol.